The summed E-state index contributed by atoms with van der Waals surface area (Å²) in [5.41, 5.74) is 0.826. The fourth-order valence-electron chi connectivity index (χ4n) is 2.92. The topological polar surface area (TPSA) is 102 Å². The molecule has 0 bridgehead atoms. The van der Waals surface area contributed by atoms with Gasteiger partial charge in [-0.1, -0.05) is 30.0 Å². The Morgan fingerprint density at radius 1 is 1.30 bits per heavy atom. The zero-order chi connectivity index (χ0) is 19.0. The monoisotopic (exact) mass is 383 g/mol. The molecule has 138 valence electrons. The van der Waals surface area contributed by atoms with Crippen LogP contribution in [0.5, 0.6) is 0 Å². The zero-order valence-electron chi connectivity index (χ0n) is 14.5. The van der Waals surface area contributed by atoms with E-state index >= 15 is 0 Å². The van der Waals surface area contributed by atoms with Crippen LogP contribution in [-0.4, -0.2) is 31.0 Å². The summed E-state index contributed by atoms with van der Waals surface area (Å²) in [6.45, 7) is 1.97. The maximum absolute atomic E-state index is 12.6. The van der Waals surface area contributed by atoms with Gasteiger partial charge in [-0.05, 0) is 19.1 Å². The number of aryl methyl sites for hydroxylation is 1. The van der Waals surface area contributed by atoms with Crippen LogP contribution in [0.1, 0.15) is 5.56 Å². The Balaban J connectivity index is 1.53. The number of carbonyl (C=O) groups excluding carboxylic acids is 1. The number of thioether (sulfide) groups is 1. The summed E-state index contributed by atoms with van der Waals surface area (Å²) in [5, 5.41) is 6.26. The van der Waals surface area contributed by atoms with Crippen molar-refractivity contribution in [1.82, 2.24) is 19.3 Å². The van der Waals surface area contributed by atoms with Crippen LogP contribution >= 0.6 is 11.8 Å². The molecule has 1 amide bonds. The summed E-state index contributed by atoms with van der Waals surface area (Å²) in [6, 6.07) is 10.4. The first-order valence-electron chi connectivity index (χ1n) is 8.40. The van der Waals surface area contributed by atoms with Gasteiger partial charge in [0, 0.05) is 30.1 Å². The van der Waals surface area contributed by atoms with Crippen LogP contribution in [0.4, 0.5) is 5.82 Å². The molecule has 3 aromatic rings. The third-order valence-corrected chi connectivity index (χ3v) is 5.52. The van der Waals surface area contributed by atoms with Crippen molar-refractivity contribution in [2.75, 3.05) is 11.1 Å². The molecule has 9 heteroatoms. The second-order valence-corrected chi connectivity index (χ2v) is 7.30. The van der Waals surface area contributed by atoms with Crippen LogP contribution in [0.3, 0.4) is 0 Å². The van der Waals surface area contributed by atoms with Gasteiger partial charge < -0.3 is 5.32 Å². The van der Waals surface area contributed by atoms with E-state index in [0.717, 1.165) is 0 Å². The molecule has 27 heavy (non-hydrogen) atoms. The number of H-pyrrole nitrogens is 1. The van der Waals surface area contributed by atoms with Crippen LogP contribution in [-0.2, 0) is 11.3 Å². The largest absolute Gasteiger partial charge is 0.311 e. The number of rotatable bonds is 3. The Kier molecular flexibility index (Phi) is 4.44. The third kappa shape index (κ3) is 3.33. The summed E-state index contributed by atoms with van der Waals surface area (Å²) < 4.78 is 2.89. The maximum atomic E-state index is 12.6. The summed E-state index contributed by atoms with van der Waals surface area (Å²) in [4.78, 5) is 41.3. The number of benzene rings is 1. The lowest BCUT2D eigenvalue weighted by Gasteiger charge is -2.24. The van der Waals surface area contributed by atoms with Crippen molar-refractivity contribution in [1.29, 1.82) is 0 Å². The fourth-order valence-corrected chi connectivity index (χ4v) is 3.97. The van der Waals surface area contributed by atoms with Gasteiger partial charge in [0.15, 0.2) is 5.16 Å². The molecule has 0 spiro atoms. The van der Waals surface area contributed by atoms with E-state index in [1.807, 2.05) is 18.2 Å². The number of hydrogen-bond acceptors (Lipinski definition) is 5. The van der Waals surface area contributed by atoms with Gasteiger partial charge in [-0.2, -0.15) is 0 Å². The SMILES string of the molecule is Cc1cnc2n(c1=O)CC(C(=O)Nc1cc(=O)n(-c3ccccc3)[nH]1)CS2. The number of nitrogens with one attached hydrogen (secondary N) is 2. The lowest BCUT2D eigenvalue weighted by Crippen LogP contribution is -2.37. The molecule has 0 saturated heterocycles. The lowest BCUT2D eigenvalue weighted by atomic mass is 10.1. The summed E-state index contributed by atoms with van der Waals surface area (Å²) >= 11 is 1.38. The molecule has 1 aliphatic rings. The number of para-hydroxylation sites is 1. The Hall–Kier alpha value is -3.07. The molecule has 1 atom stereocenters. The van der Waals surface area contributed by atoms with Crippen molar-refractivity contribution in [2.24, 2.45) is 5.92 Å². The minimum atomic E-state index is -0.396. The number of carbonyl (C=O) groups is 1. The molecule has 0 aliphatic carbocycles. The van der Waals surface area contributed by atoms with E-state index in [1.165, 1.54) is 27.1 Å². The van der Waals surface area contributed by atoms with Crippen LogP contribution in [0.2, 0.25) is 0 Å². The van der Waals surface area contributed by atoms with E-state index in [1.54, 1.807) is 25.3 Å². The highest BCUT2D eigenvalue weighted by Gasteiger charge is 2.27. The fraction of sp³-hybridized carbons (Fsp3) is 0.222. The Morgan fingerprint density at radius 2 is 2.07 bits per heavy atom. The number of aromatic nitrogens is 4. The highest BCUT2D eigenvalue weighted by molar-refractivity contribution is 7.99. The molecule has 1 aliphatic heterocycles. The number of fused-ring (bicyclic) bond motifs is 1. The smallest absolute Gasteiger partial charge is 0.273 e. The number of aromatic amines is 1. The van der Waals surface area contributed by atoms with Crippen molar-refractivity contribution >= 4 is 23.5 Å². The number of nitrogens with zero attached hydrogens (tertiary/aromatic N) is 3. The van der Waals surface area contributed by atoms with Crippen LogP contribution in [0.15, 0.2) is 57.3 Å². The molecule has 2 N–H and O–H groups in total. The van der Waals surface area contributed by atoms with Gasteiger partial charge in [-0.3, -0.25) is 24.0 Å². The van der Waals surface area contributed by atoms with Crippen molar-refractivity contribution in [2.45, 2.75) is 18.6 Å². The molecule has 3 heterocycles. The first-order chi connectivity index (χ1) is 13.0. The molecule has 0 radical (unpaired) electrons. The van der Waals surface area contributed by atoms with Gasteiger partial charge >= 0.3 is 0 Å². The van der Waals surface area contributed by atoms with Crippen molar-refractivity contribution in [3.63, 3.8) is 0 Å². The van der Waals surface area contributed by atoms with E-state index < -0.39 is 5.92 Å². The maximum Gasteiger partial charge on any atom is 0.273 e. The molecular formula is C18H17N5O3S. The standard InChI is InChI=1S/C18H17N5O3S/c1-11-8-19-18-22(17(11)26)9-12(10-27-18)16(25)20-14-7-15(24)23(21-14)13-5-3-2-4-6-13/h2-8,12,21H,9-10H2,1H3,(H,20,25). The van der Waals surface area contributed by atoms with Crippen molar-refractivity contribution in [3.8, 4) is 5.69 Å². The second kappa shape index (κ2) is 6.92. The first kappa shape index (κ1) is 17.3. The van der Waals surface area contributed by atoms with Gasteiger partial charge in [0.05, 0.1) is 11.6 Å². The molecule has 2 aromatic heterocycles. The Bertz CT molecular complexity index is 1120. The molecule has 4 rings (SSSR count). The van der Waals surface area contributed by atoms with Crippen molar-refractivity contribution in [3.05, 3.63) is 68.9 Å². The van der Waals surface area contributed by atoms with Crippen LogP contribution < -0.4 is 16.4 Å². The minimum Gasteiger partial charge on any atom is -0.311 e. The summed E-state index contributed by atoms with van der Waals surface area (Å²) in [5.74, 6) is 0.195. The van der Waals surface area contributed by atoms with Gasteiger partial charge in [0.2, 0.25) is 5.91 Å². The first-order valence-corrected chi connectivity index (χ1v) is 9.39. The number of hydrogen-bond donors (Lipinski definition) is 2. The third-order valence-electron chi connectivity index (χ3n) is 4.36. The highest BCUT2D eigenvalue weighted by atomic mass is 32.2. The average Bonchev–Trinajstić information content (AvgIpc) is 3.05. The minimum absolute atomic E-state index is 0.131. The lowest BCUT2D eigenvalue weighted by molar-refractivity contribution is -0.119. The van der Waals surface area contributed by atoms with Crippen LogP contribution in [0.25, 0.3) is 5.69 Å². The van der Waals surface area contributed by atoms with Gasteiger partial charge in [0.25, 0.3) is 11.1 Å². The molecular weight excluding hydrogens is 366 g/mol. The normalized spacial score (nSPS) is 16.0. The number of anilines is 1. The van der Waals surface area contributed by atoms with E-state index in [0.29, 0.717) is 28.0 Å². The van der Waals surface area contributed by atoms with Gasteiger partial charge in [0.1, 0.15) is 5.82 Å². The van der Waals surface area contributed by atoms with E-state index in [4.69, 9.17) is 0 Å². The Labute approximate surface area is 158 Å². The summed E-state index contributed by atoms with van der Waals surface area (Å²) in [7, 11) is 0. The predicted molar refractivity (Wildman–Crippen MR) is 102 cm³/mol. The predicted octanol–water partition coefficient (Wildman–Crippen LogP) is 1.39. The van der Waals surface area contributed by atoms with E-state index in [-0.39, 0.29) is 23.6 Å². The van der Waals surface area contributed by atoms with Gasteiger partial charge in [-0.25, -0.2) is 9.67 Å². The zero-order valence-corrected chi connectivity index (χ0v) is 15.3. The van der Waals surface area contributed by atoms with Crippen molar-refractivity contribution < 1.29 is 4.79 Å². The Morgan fingerprint density at radius 3 is 2.85 bits per heavy atom. The van der Waals surface area contributed by atoms with E-state index in [9.17, 15) is 14.4 Å². The molecule has 0 saturated carbocycles. The van der Waals surface area contributed by atoms with E-state index in [2.05, 4.69) is 15.4 Å². The molecule has 1 aromatic carbocycles. The second-order valence-electron chi connectivity index (χ2n) is 6.32. The average molecular weight is 383 g/mol. The number of amides is 1. The van der Waals surface area contributed by atoms with Crippen LogP contribution in [0, 0.1) is 12.8 Å². The summed E-state index contributed by atoms with van der Waals surface area (Å²) in [6.07, 6.45) is 1.55. The molecule has 1 unspecified atom stereocenters. The van der Waals surface area contributed by atoms with Gasteiger partial charge in [-0.15, -0.1) is 0 Å². The quantitative estimate of drug-likeness (QED) is 0.666. The highest BCUT2D eigenvalue weighted by Crippen LogP contribution is 2.25. The molecule has 0 fully saturated rings. The molecule has 8 nitrogen and oxygen atoms in total.